The maximum absolute atomic E-state index is 13.4. The quantitative estimate of drug-likeness (QED) is 0.903. The summed E-state index contributed by atoms with van der Waals surface area (Å²) in [5.74, 6) is 0.261. The summed E-state index contributed by atoms with van der Waals surface area (Å²) in [6.45, 7) is 3.75. The number of carbonyl (C=O) groups is 1. The lowest BCUT2D eigenvalue weighted by Gasteiger charge is -2.48. The second kappa shape index (κ2) is 6.57. The van der Waals surface area contributed by atoms with Crippen molar-refractivity contribution >= 4 is 5.91 Å². The number of aliphatic hydroxyl groups excluding tert-OH is 1. The summed E-state index contributed by atoms with van der Waals surface area (Å²) in [7, 11) is 1.81. The van der Waals surface area contributed by atoms with E-state index < -0.39 is 0 Å². The number of benzene rings is 1. The summed E-state index contributed by atoms with van der Waals surface area (Å²) in [6, 6.07) is 4.83. The first-order chi connectivity index (χ1) is 11.0. The molecule has 1 saturated heterocycles. The first-order valence-corrected chi connectivity index (χ1v) is 8.39. The molecule has 4 nitrogen and oxygen atoms in total. The molecule has 2 aliphatic rings. The van der Waals surface area contributed by atoms with Crippen molar-refractivity contribution in [2.75, 3.05) is 26.7 Å². The fourth-order valence-corrected chi connectivity index (χ4v) is 3.51. The molecule has 5 heteroatoms. The lowest BCUT2D eigenvalue weighted by molar-refractivity contribution is -0.0555. The predicted molar refractivity (Wildman–Crippen MR) is 86.8 cm³/mol. The van der Waals surface area contributed by atoms with Crippen LogP contribution in [0.25, 0.3) is 0 Å². The molecule has 0 bridgehead atoms. The van der Waals surface area contributed by atoms with Crippen molar-refractivity contribution in [2.24, 2.45) is 5.92 Å². The molecule has 1 N–H and O–H groups in total. The van der Waals surface area contributed by atoms with Gasteiger partial charge in [0.05, 0.1) is 6.10 Å². The van der Waals surface area contributed by atoms with Crippen molar-refractivity contribution in [3.63, 3.8) is 0 Å². The van der Waals surface area contributed by atoms with Gasteiger partial charge in [0, 0.05) is 38.3 Å². The van der Waals surface area contributed by atoms with Crippen LogP contribution in [0.5, 0.6) is 0 Å². The Morgan fingerprint density at radius 3 is 2.65 bits per heavy atom. The van der Waals surface area contributed by atoms with E-state index in [1.54, 1.807) is 24.0 Å². The van der Waals surface area contributed by atoms with Gasteiger partial charge in [-0.1, -0.05) is 6.42 Å². The van der Waals surface area contributed by atoms with Crippen molar-refractivity contribution in [1.29, 1.82) is 0 Å². The summed E-state index contributed by atoms with van der Waals surface area (Å²) in [6.07, 6.45) is 3.44. The molecule has 0 spiro atoms. The van der Waals surface area contributed by atoms with Crippen LogP contribution in [-0.2, 0) is 0 Å². The van der Waals surface area contributed by atoms with Gasteiger partial charge in [-0.2, -0.15) is 0 Å². The normalized spacial score (nSPS) is 20.7. The summed E-state index contributed by atoms with van der Waals surface area (Å²) >= 11 is 0. The minimum Gasteiger partial charge on any atom is -0.390 e. The maximum atomic E-state index is 13.4. The molecule has 126 valence electrons. The third kappa shape index (κ3) is 3.40. The fourth-order valence-electron chi connectivity index (χ4n) is 3.51. The number of hydrogen-bond acceptors (Lipinski definition) is 3. The smallest absolute Gasteiger partial charge is 0.253 e. The minimum absolute atomic E-state index is 0.0708. The van der Waals surface area contributed by atoms with E-state index in [0.717, 1.165) is 0 Å². The average molecular weight is 320 g/mol. The van der Waals surface area contributed by atoms with Crippen molar-refractivity contribution in [3.8, 4) is 0 Å². The van der Waals surface area contributed by atoms with Gasteiger partial charge in [-0.3, -0.25) is 9.69 Å². The monoisotopic (exact) mass is 320 g/mol. The summed E-state index contributed by atoms with van der Waals surface area (Å²) in [5.41, 5.74) is 1.02. The minimum atomic E-state index is -0.286. The van der Waals surface area contributed by atoms with Gasteiger partial charge < -0.3 is 10.0 Å². The Kier molecular flexibility index (Phi) is 4.69. The fraction of sp³-hybridized carbons (Fsp3) is 0.611. The first-order valence-electron chi connectivity index (χ1n) is 8.39. The van der Waals surface area contributed by atoms with Gasteiger partial charge in [-0.25, -0.2) is 4.39 Å². The highest BCUT2D eigenvalue weighted by molar-refractivity contribution is 5.94. The van der Waals surface area contributed by atoms with Crippen molar-refractivity contribution < 1.29 is 14.3 Å². The highest BCUT2D eigenvalue weighted by atomic mass is 19.1. The van der Waals surface area contributed by atoms with Crippen LogP contribution in [0.4, 0.5) is 4.39 Å². The van der Waals surface area contributed by atoms with Crippen LogP contribution in [0.15, 0.2) is 18.2 Å². The number of β-amino-alcohol motifs (C(OH)–C–C–N with tert-alkyl or cyclic N) is 1. The molecule has 1 amide bonds. The standard InChI is InChI=1S/C18H25FN2O2/c1-12-8-14(6-7-16(12)19)18(23)20(2)11-17(13-4-3-5-13)21-9-15(22)10-21/h6-8,13,15,17,22H,3-5,9-11H2,1-2H3. The molecule has 1 saturated carbocycles. The Labute approximate surface area is 136 Å². The van der Waals surface area contributed by atoms with Gasteiger partial charge in [0.2, 0.25) is 0 Å². The number of hydrogen-bond donors (Lipinski definition) is 1. The van der Waals surface area contributed by atoms with E-state index in [4.69, 9.17) is 0 Å². The number of halogens is 1. The molecule has 1 aromatic carbocycles. The number of likely N-dealkylation sites (tertiary alicyclic amines) is 1. The number of aliphatic hydroxyl groups is 1. The zero-order valence-corrected chi connectivity index (χ0v) is 13.8. The van der Waals surface area contributed by atoms with Crippen molar-refractivity contribution in [3.05, 3.63) is 35.1 Å². The molecular weight excluding hydrogens is 295 g/mol. The highest BCUT2D eigenvalue weighted by Gasteiger charge is 2.38. The van der Waals surface area contributed by atoms with Gasteiger partial charge in [0.15, 0.2) is 0 Å². The Balaban J connectivity index is 1.66. The van der Waals surface area contributed by atoms with E-state index >= 15 is 0 Å². The lowest BCUT2D eigenvalue weighted by atomic mass is 9.78. The Morgan fingerprint density at radius 1 is 1.43 bits per heavy atom. The highest BCUT2D eigenvalue weighted by Crippen LogP contribution is 2.34. The van der Waals surface area contributed by atoms with Crippen LogP contribution in [0.1, 0.15) is 35.2 Å². The van der Waals surface area contributed by atoms with Crippen molar-refractivity contribution in [1.82, 2.24) is 9.80 Å². The van der Waals surface area contributed by atoms with E-state index in [1.165, 1.54) is 25.3 Å². The second-order valence-corrected chi connectivity index (χ2v) is 7.02. The maximum Gasteiger partial charge on any atom is 0.253 e. The van der Waals surface area contributed by atoms with Crippen LogP contribution < -0.4 is 0 Å². The number of aryl methyl sites for hydroxylation is 1. The zero-order valence-electron chi connectivity index (χ0n) is 13.8. The second-order valence-electron chi connectivity index (χ2n) is 7.02. The number of nitrogens with zero attached hydrogens (tertiary/aromatic N) is 2. The van der Waals surface area contributed by atoms with Crippen molar-refractivity contribution in [2.45, 2.75) is 38.3 Å². The number of amides is 1. The largest absolute Gasteiger partial charge is 0.390 e. The SMILES string of the molecule is Cc1cc(C(=O)N(C)CC(C2CCC2)N2CC(O)C2)ccc1F. The van der Waals surface area contributed by atoms with E-state index in [-0.39, 0.29) is 17.8 Å². The molecule has 0 radical (unpaired) electrons. The van der Waals surface area contributed by atoms with E-state index in [0.29, 0.717) is 42.7 Å². The number of likely N-dealkylation sites (N-methyl/N-ethyl adjacent to an activating group) is 1. The number of rotatable bonds is 5. The topological polar surface area (TPSA) is 43.8 Å². The summed E-state index contributed by atoms with van der Waals surface area (Å²) < 4.78 is 13.4. The molecule has 3 rings (SSSR count). The van der Waals surface area contributed by atoms with E-state index in [1.807, 2.05) is 7.05 Å². The lowest BCUT2D eigenvalue weighted by Crippen LogP contribution is -2.61. The van der Waals surface area contributed by atoms with Crippen LogP contribution >= 0.6 is 0 Å². The molecule has 1 heterocycles. The summed E-state index contributed by atoms with van der Waals surface area (Å²) in [5, 5.41) is 9.56. The molecule has 0 aromatic heterocycles. The Morgan fingerprint density at radius 2 is 2.13 bits per heavy atom. The van der Waals surface area contributed by atoms with Gasteiger partial charge in [-0.05, 0) is 49.4 Å². The average Bonchev–Trinajstić information content (AvgIpc) is 2.43. The molecule has 1 atom stereocenters. The third-order valence-corrected chi connectivity index (χ3v) is 5.27. The number of carbonyl (C=O) groups excluding carboxylic acids is 1. The first kappa shape index (κ1) is 16.4. The van der Waals surface area contributed by atoms with Crippen LogP contribution in [-0.4, -0.2) is 59.6 Å². The molecule has 2 fully saturated rings. The van der Waals surface area contributed by atoms with Gasteiger partial charge in [-0.15, -0.1) is 0 Å². The van der Waals surface area contributed by atoms with Crippen LogP contribution in [0.2, 0.25) is 0 Å². The van der Waals surface area contributed by atoms with Gasteiger partial charge >= 0.3 is 0 Å². The molecule has 23 heavy (non-hydrogen) atoms. The molecule has 1 aliphatic carbocycles. The van der Waals surface area contributed by atoms with Gasteiger partial charge in [0.25, 0.3) is 5.91 Å². The predicted octanol–water partition coefficient (Wildman–Crippen LogP) is 2.05. The molecular formula is C18H25FN2O2. The third-order valence-electron chi connectivity index (χ3n) is 5.27. The van der Waals surface area contributed by atoms with E-state index in [2.05, 4.69) is 4.90 Å². The molecule has 1 unspecified atom stereocenters. The summed E-state index contributed by atoms with van der Waals surface area (Å²) in [4.78, 5) is 16.6. The van der Waals surface area contributed by atoms with Crippen LogP contribution in [0, 0.1) is 18.7 Å². The van der Waals surface area contributed by atoms with Crippen LogP contribution in [0.3, 0.4) is 0 Å². The van der Waals surface area contributed by atoms with E-state index in [9.17, 15) is 14.3 Å². The molecule has 1 aliphatic heterocycles. The Hall–Kier alpha value is -1.46. The molecule has 1 aromatic rings. The Bertz CT molecular complexity index is 582. The zero-order chi connectivity index (χ0) is 16.6. The van der Waals surface area contributed by atoms with Gasteiger partial charge in [0.1, 0.15) is 5.82 Å².